The third-order valence-corrected chi connectivity index (χ3v) is 5.52. The van der Waals surface area contributed by atoms with E-state index in [1.807, 2.05) is 48.5 Å². The quantitative estimate of drug-likeness (QED) is 0.269. The van der Waals surface area contributed by atoms with E-state index >= 15 is 0 Å². The lowest BCUT2D eigenvalue weighted by atomic mass is 10.0. The fraction of sp³-hybridized carbons (Fsp3) is 0.310. The van der Waals surface area contributed by atoms with Crippen LogP contribution in [0.4, 0.5) is 0 Å². The Hall–Kier alpha value is -3.22. The smallest absolute Gasteiger partial charge is 0.119 e. The second kappa shape index (κ2) is 12.6. The highest BCUT2D eigenvalue weighted by molar-refractivity contribution is 5.65. The summed E-state index contributed by atoms with van der Waals surface area (Å²) in [6.07, 6.45) is 2.32. The van der Waals surface area contributed by atoms with E-state index in [4.69, 9.17) is 14.2 Å². The summed E-state index contributed by atoms with van der Waals surface area (Å²) in [5.74, 6) is 8.79. The van der Waals surface area contributed by atoms with Crippen molar-refractivity contribution in [3.05, 3.63) is 83.9 Å². The van der Waals surface area contributed by atoms with Gasteiger partial charge in [0.25, 0.3) is 0 Å². The number of hydrogen-bond acceptors (Lipinski definition) is 3. The summed E-state index contributed by atoms with van der Waals surface area (Å²) in [4.78, 5) is 0. The Labute approximate surface area is 192 Å². The van der Waals surface area contributed by atoms with Gasteiger partial charge in [0.1, 0.15) is 18.1 Å². The number of rotatable bonds is 10. The molecule has 3 aromatic rings. The molecular weight excluding hydrogens is 396 g/mol. The second-order valence-electron chi connectivity index (χ2n) is 7.69. The van der Waals surface area contributed by atoms with E-state index in [1.54, 1.807) is 7.11 Å². The molecule has 0 radical (unpaired) electrons. The van der Waals surface area contributed by atoms with E-state index in [9.17, 15) is 0 Å². The maximum Gasteiger partial charge on any atom is 0.119 e. The third kappa shape index (κ3) is 7.18. The molecule has 0 bridgehead atoms. The van der Waals surface area contributed by atoms with Crippen molar-refractivity contribution < 1.29 is 14.2 Å². The van der Waals surface area contributed by atoms with Crippen molar-refractivity contribution in [3.63, 3.8) is 0 Å². The molecule has 3 aromatic carbocycles. The Bertz CT molecular complexity index is 990. The van der Waals surface area contributed by atoms with Crippen molar-refractivity contribution in [2.24, 2.45) is 5.92 Å². The molecule has 0 aromatic heterocycles. The molecule has 0 saturated heterocycles. The zero-order chi connectivity index (χ0) is 22.6. The summed E-state index contributed by atoms with van der Waals surface area (Å²) in [7, 11) is 1.68. The first-order valence-electron chi connectivity index (χ1n) is 11.3. The van der Waals surface area contributed by atoms with Crippen LogP contribution in [-0.2, 0) is 4.74 Å². The lowest BCUT2D eigenvalue weighted by molar-refractivity contribution is 0.0718. The summed E-state index contributed by atoms with van der Waals surface area (Å²) < 4.78 is 16.7. The van der Waals surface area contributed by atoms with Gasteiger partial charge >= 0.3 is 0 Å². The SMILES string of the molecule is CCC(CC)COCCOc1ccc(C#Cc2ccc(-c3ccc(OC)cc3)cc2)cc1. The van der Waals surface area contributed by atoms with Gasteiger partial charge in [-0.1, -0.05) is 62.8 Å². The Balaban J connectivity index is 1.49. The minimum absolute atomic E-state index is 0.561. The van der Waals surface area contributed by atoms with E-state index in [-0.39, 0.29) is 0 Å². The monoisotopic (exact) mass is 428 g/mol. The van der Waals surface area contributed by atoms with Gasteiger partial charge in [-0.15, -0.1) is 0 Å². The van der Waals surface area contributed by atoms with E-state index in [1.165, 1.54) is 0 Å². The molecule has 0 aliphatic rings. The minimum Gasteiger partial charge on any atom is -0.497 e. The van der Waals surface area contributed by atoms with Crippen LogP contribution in [0.5, 0.6) is 11.5 Å². The number of hydrogen-bond donors (Lipinski definition) is 0. The first-order chi connectivity index (χ1) is 15.7. The van der Waals surface area contributed by atoms with Gasteiger partial charge in [-0.05, 0) is 65.6 Å². The molecule has 0 N–H and O–H groups in total. The van der Waals surface area contributed by atoms with Crippen molar-refractivity contribution in [1.82, 2.24) is 0 Å². The second-order valence-corrected chi connectivity index (χ2v) is 7.69. The van der Waals surface area contributed by atoms with Crippen LogP contribution in [0.3, 0.4) is 0 Å². The molecule has 166 valence electrons. The molecule has 0 heterocycles. The average Bonchev–Trinajstić information content (AvgIpc) is 2.86. The molecule has 0 amide bonds. The molecular formula is C29H32O3. The van der Waals surface area contributed by atoms with Crippen LogP contribution in [0.2, 0.25) is 0 Å². The fourth-order valence-corrected chi connectivity index (χ4v) is 3.30. The van der Waals surface area contributed by atoms with Crippen molar-refractivity contribution in [3.8, 4) is 34.5 Å². The molecule has 0 spiro atoms. The van der Waals surface area contributed by atoms with Gasteiger partial charge in [0.05, 0.1) is 13.7 Å². The summed E-state index contributed by atoms with van der Waals surface area (Å²) in [5, 5.41) is 0. The number of methoxy groups -OCH3 is 1. The first-order valence-corrected chi connectivity index (χ1v) is 11.3. The molecule has 32 heavy (non-hydrogen) atoms. The van der Waals surface area contributed by atoms with Crippen LogP contribution < -0.4 is 9.47 Å². The van der Waals surface area contributed by atoms with Crippen LogP contribution >= 0.6 is 0 Å². The molecule has 3 heteroatoms. The Morgan fingerprint density at radius 1 is 0.656 bits per heavy atom. The molecule has 0 fully saturated rings. The third-order valence-electron chi connectivity index (χ3n) is 5.52. The van der Waals surface area contributed by atoms with Crippen LogP contribution in [0, 0.1) is 17.8 Å². The largest absolute Gasteiger partial charge is 0.497 e. The predicted octanol–water partition coefficient (Wildman–Crippen LogP) is 6.59. The van der Waals surface area contributed by atoms with Gasteiger partial charge < -0.3 is 14.2 Å². The van der Waals surface area contributed by atoms with E-state index in [2.05, 4.69) is 50.0 Å². The number of ether oxygens (including phenoxy) is 3. The molecule has 0 aliphatic carbocycles. The van der Waals surface area contributed by atoms with Crippen molar-refractivity contribution >= 4 is 0 Å². The molecule has 3 rings (SSSR count). The summed E-state index contributed by atoms with van der Waals surface area (Å²) in [6.45, 7) is 6.40. The first kappa shape index (κ1) is 23.4. The van der Waals surface area contributed by atoms with E-state index in [0.29, 0.717) is 19.1 Å². The van der Waals surface area contributed by atoms with E-state index < -0.39 is 0 Å². The van der Waals surface area contributed by atoms with Crippen LogP contribution in [-0.4, -0.2) is 26.9 Å². The van der Waals surface area contributed by atoms with Gasteiger partial charge in [-0.2, -0.15) is 0 Å². The molecule has 0 atom stereocenters. The molecule has 0 unspecified atom stereocenters. The summed E-state index contributed by atoms with van der Waals surface area (Å²) >= 11 is 0. The van der Waals surface area contributed by atoms with Crippen LogP contribution in [0.15, 0.2) is 72.8 Å². The minimum atomic E-state index is 0.561. The van der Waals surface area contributed by atoms with Crippen molar-refractivity contribution in [2.75, 3.05) is 26.9 Å². The van der Waals surface area contributed by atoms with Gasteiger partial charge in [-0.25, -0.2) is 0 Å². The topological polar surface area (TPSA) is 27.7 Å². The zero-order valence-corrected chi connectivity index (χ0v) is 19.3. The predicted molar refractivity (Wildman–Crippen MR) is 131 cm³/mol. The lowest BCUT2D eigenvalue weighted by Crippen LogP contribution is -2.12. The molecule has 0 saturated carbocycles. The fourth-order valence-electron chi connectivity index (χ4n) is 3.30. The maximum atomic E-state index is 5.76. The Morgan fingerprint density at radius 2 is 1.16 bits per heavy atom. The highest BCUT2D eigenvalue weighted by Crippen LogP contribution is 2.22. The average molecular weight is 429 g/mol. The summed E-state index contributed by atoms with van der Waals surface area (Å²) in [6, 6.07) is 24.2. The van der Waals surface area contributed by atoms with Crippen molar-refractivity contribution in [1.29, 1.82) is 0 Å². The zero-order valence-electron chi connectivity index (χ0n) is 19.3. The Kier molecular flexibility index (Phi) is 9.22. The van der Waals surface area contributed by atoms with Gasteiger partial charge in [0.2, 0.25) is 0 Å². The normalized spacial score (nSPS) is 10.5. The van der Waals surface area contributed by atoms with Crippen molar-refractivity contribution in [2.45, 2.75) is 26.7 Å². The van der Waals surface area contributed by atoms with E-state index in [0.717, 1.165) is 53.2 Å². The number of benzene rings is 3. The van der Waals surface area contributed by atoms with Gasteiger partial charge in [0.15, 0.2) is 0 Å². The Morgan fingerprint density at radius 3 is 1.69 bits per heavy atom. The lowest BCUT2D eigenvalue weighted by Gasteiger charge is -2.13. The molecule has 3 nitrogen and oxygen atoms in total. The highest BCUT2D eigenvalue weighted by Gasteiger charge is 2.03. The standard InChI is InChI=1S/C29H32O3/c1-4-23(5-2)22-31-20-21-32-29-16-10-25(11-17-29)7-6-24-8-12-26(13-9-24)27-14-18-28(30-3)19-15-27/h8-19,23H,4-5,20-22H2,1-3H3. The van der Waals surface area contributed by atoms with Gasteiger partial charge in [0, 0.05) is 17.7 Å². The summed E-state index contributed by atoms with van der Waals surface area (Å²) in [5.41, 5.74) is 4.25. The van der Waals surface area contributed by atoms with Crippen LogP contribution in [0.25, 0.3) is 11.1 Å². The maximum absolute atomic E-state index is 5.76. The van der Waals surface area contributed by atoms with Gasteiger partial charge in [-0.3, -0.25) is 0 Å². The molecule has 0 aliphatic heterocycles. The van der Waals surface area contributed by atoms with Crippen LogP contribution in [0.1, 0.15) is 37.8 Å². The highest BCUT2D eigenvalue weighted by atomic mass is 16.5.